The Labute approximate surface area is 171 Å². The topological polar surface area (TPSA) is 43.3 Å². The van der Waals surface area contributed by atoms with Gasteiger partial charge in [-0.3, -0.25) is 9.89 Å². The summed E-state index contributed by atoms with van der Waals surface area (Å²) in [6, 6.07) is 6.40. The molecule has 1 N–H and O–H groups in total. The van der Waals surface area contributed by atoms with Crippen LogP contribution >= 0.6 is 0 Å². The first-order valence-corrected chi connectivity index (χ1v) is 9.84. The summed E-state index contributed by atoms with van der Waals surface area (Å²) >= 11 is 0. The van der Waals surface area contributed by atoms with Crippen LogP contribution in [0.4, 0.5) is 13.2 Å². The minimum atomic E-state index is -4.20. The maximum Gasteiger partial charge on any atom is 0.403 e. The van der Waals surface area contributed by atoms with Gasteiger partial charge in [-0.05, 0) is 27.1 Å². The summed E-state index contributed by atoms with van der Waals surface area (Å²) in [5, 5.41) is 3.31. The molecule has 1 aliphatic heterocycles. The van der Waals surface area contributed by atoms with Gasteiger partial charge in [-0.25, -0.2) is 0 Å². The zero-order valence-corrected chi connectivity index (χ0v) is 17.7. The molecule has 2 rings (SSSR count). The third-order valence-electron chi connectivity index (χ3n) is 5.05. The van der Waals surface area contributed by atoms with Crippen LogP contribution in [0.5, 0.6) is 5.75 Å². The summed E-state index contributed by atoms with van der Waals surface area (Å²) in [7, 11) is 5.68. The average molecular weight is 416 g/mol. The van der Waals surface area contributed by atoms with E-state index in [9.17, 15) is 13.2 Å². The zero-order valence-electron chi connectivity index (χ0n) is 17.7. The molecule has 1 aromatic rings. The summed E-state index contributed by atoms with van der Waals surface area (Å²) in [5.41, 5.74) is 1.01. The van der Waals surface area contributed by atoms with Gasteiger partial charge in [-0.15, -0.1) is 0 Å². The van der Waals surface area contributed by atoms with Gasteiger partial charge in [0.25, 0.3) is 0 Å². The molecule has 0 saturated carbocycles. The number of ether oxygens (including phenoxy) is 1. The number of guanidine groups is 1. The van der Waals surface area contributed by atoms with E-state index in [2.05, 4.69) is 15.2 Å². The number of likely N-dealkylation sites (N-methyl/N-ethyl adjacent to an activating group) is 1. The molecule has 0 bridgehead atoms. The molecular weight excluding hydrogens is 383 g/mol. The van der Waals surface area contributed by atoms with E-state index in [1.807, 2.05) is 43.3 Å². The van der Waals surface area contributed by atoms with E-state index in [4.69, 9.17) is 4.74 Å². The summed E-state index contributed by atoms with van der Waals surface area (Å²) in [5.74, 6) is 1.51. The maximum absolute atomic E-state index is 12.9. The molecule has 1 unspecified atom stereocenters. The van der Waals surface area contributed by atoms with Crippen molar-refractivity contribution in [1.29, 1.82) is 0 Å². The van der Waals surface area contributed by atoms with Crippen molar-refractivity contribution in [3.05, 3.63) is 29.8 Å². The van der Waals surface area contributed by atoms with Crippen molar-refractivity contribution in [3.8, 4) is 5.75 Å². The quantitative estimate of drug-likeness (QED) is 0.547. The third-order valence-corrected chi connectivity index (χ3v) is 5.05. The highest BCUT2D eigenvalue weighted by molar-refractivity contribution is 5.80. The number of rotatable bonds is 7. The van der Waals surface area contributed by atoms with Gasteiger partial charge in [0.2, 0.25) is 0 Å². The lowest BCUT2D eigenvalue weighted by molar-refractivity contribution is -0.181. The number of hydrogen-bond donors (Lipinski definition) is 1. The van der Waals surface area contributed by atoms with E-state index in [1.165, 1.54) is 11.8 Å². The van der Waals surface area contributed by atoms with Gasteiger partial charge in [-0.1, -0.05) is 18.2 Å². The molecule has 0 aliphatic carbocycles. The summed E-state index contributed by atoms with van der Waals surface area (Å²) in [6.45, 7) is 4.88. The van der Waals surface area contributed by atoms with Crippen LogP contribution in [0.3, 0.4) is 0 Å². The Balaban J connectivity index is 1.89. The molecule has 9 heteroatoms. The number of aliphatic imine (C=N–C) groups is 1. The molecule has 1 aromatic carbocycles. The summed E-state index contributed by atoms with van der Waals surface area (Å²) in [4.78, 5) is 9.83. The minimum Gasteiger partial charge on any atom is -0.492 e. The molecule has 0 amide bonds. The highest BCUT2D eigenvalue weighted by atomic mass is 19.4. The lowest BCUT2D eigenvalue weighted by Gasteiger charge is -2.39. The molecule has 0 spiro atoms. The SMILES string of the molecule is CN=C(NCc1ccccc1OCCN(C)C)N1CCN(C(C)C(F)(F)F)CC1. The molecule has 0 radical (unpaired) electrons. The Bertz CT molecular complexity index is 658. The second-order valence-corrected chi connectivity index (χ2v) is 7.40. The maximum atomic E-state index is 12.9. The fourth-order valence-electron chi connectivity index (χ4n) is 3.16. The number of nitrogens with one attached hydrogen (secondary N) is 1. The standard InChI is InChI=1S/C20H32F3N5O/c1-16(20(21,22)23)27-9-11-28(12-10-27)19(24-2)25-15-17-7-5-6-8-18(17)29-14-13-26(3)4/h5-8,16H,9-15H2,1-4H3,(H,24,25). The average Bonchev–Trinajstić information content (AvgIpc) is 2.68. The van der Waals surface area contributed by atoms with E-state index in [0.29, 0.717) is 45.3 Å². The number of hydrogen-bond acceptors (Lipinski definition) is 4. The van der Waals surface area contributed by atoms with Crippen LogP contribution in [-0.2, 0) is 6.54 Å². The molecule has 1 fully saturated rings. The highest BCUT2D eigenvalue weighted by Gasteiger charge is 2.41. The molecule has 1 atom stereocenters. The molecule has 1 saturated heterocycles. The second kappa shape index (κ2) is 10.7. The predicted octanol–water partition coefficient (Wildman–Crippen LogP) is 2.27. The normalized spacial score (nSPS) is 17.5. The van der Waals surface area contributed by atoms with Gasteiger partial charge >= 0.3 is 6.18 Å². The predicted molar refractivity (Wildman–Crippen MR) is 109 cm³/mol. The lowest BCUT2D eigenvalue weighted by Crippen LogP contribution is -2.56. The minimum absolute atomic E-state index is 0.353. The van der Waals surface area contributed by atoms with E-state index >= 15 is 0 Å². The Hall–Kier alpha value is -2.00. The van der Waals surface area contributed by atoms with Gasteiger partial charge in [0, 0.05) is 51.9 Å². The molecule has 6 nitrogen and oxygen atoms in total. The Morgan fingerprint density at radius 1 is 1.21 bits per heavy atom. The molecule has 1 aliphatic rings. The van der Waals surface area contributed by atoms with Crippen LogP contribution in [0.25, 0.3) is 0 Å². The van der Waals surface area contributed by atoms with Crippen LogP contribution in [0.15, 0.2) is 29.3 Å². The number of piperazine rings is 1. The van der Waals surface area contributed by atoms with E-state index in [-0.39, 0.29) is 0 Å². The Morgan fingerprint density at radius 2 is 1.86 bits per heavy atom. The number of alkyl halides is 3. The third kappa shape index (κ3) is 7.08. The van der Waals surface area contributed by atoms with Gasteiger partial charge in [-0.2, -0.15) is 13.2 Å². The van der Waals surface area contributed by atoms with E-state index < -0.39 is 12.2 Å². The van der Waals surface area contributed by atoms with Crippen molar-refractivity contribution in [1.82, 2.24) is 20.0 Å². The van der Waals surface area contributed by atoms with Crippen molar-refractivity contribution in [3.63, 3.8) is 0 Å². The molecule has 164 valence electrons. The van der Waals surface area contributed by atoms with Crippen LogP contribution < -0.4 is 10.1 Å². The smallest absolute Gasteiger partial charge is 0.403 e. The van der Waals surface area contributed by atoms with Crippen molar-refractivity contribution in [2.24, 2.45) is 4.99 Å². The number of para-hydroxylation sites is 1. The summed E-state index contributed by atoms with van der Waals surface area (Å²) in [6.07, 6.45) is -4.20. The zero-order chi connectivity index (χ0) is 21.4. The monoisotopic (exact) mass is 415 g/mol. The van der Waals surface area contributed by atoms with Gasteiger partial charge < -0.3 is 19.9 Å². The largest absolute Gasteiger partial charge is 0.492 e. The summed E-state index contributed by atoms with van der Waals surface area (Å²) < 4.78 is 44.7. The van der Waals surface area contributed by atoms with Crippen LogP contribution in [0.1, 0.15) is 12.5 Å². The number of benzene rings is 1. The van der Waals surface area contributed by atoms with E-state index in [1.54, 1.807) is 7.05 Å². The number of nitrogens with zero attached hydrogens (tertiary/aromatic N) is 4. The first-order chi connectivity index (χ1) is 13.7. The second-order valence-electron chi connectivity index (χ2n) is 7.40. The van der Waals surface area contributed by atoms with Crippen molar-refractivity contribution in [2.75, 3.05) is 60.5 Å². The van der Waals surface area contributed by atoms with Crippen molar-refractivity contribution in [2.45, 2.75) is 25.7 Å². The molecule has 0 aromatic heterocycles. The molecular formula is C20H32F3N5O. The van der Waals surface area contributed by atoms with Crippen LogP contribution in [0, 0.1) is 0 Å². The number of halogens is 3. The fraction of sp³-hybridized carbons (Fsp3) is 0.650. The van der Waals surface area contributed by atoms with Crippen molar-refractivity contribution >= 4 is 5.96 Å². The Morgan fingerprint density at radius 3 is 2.45 bits per heavy atom. The van der Waals surface area contributed by atoms with Gasteiger partial charge in [0.15, 0.2) is 5.96 Å². The van der Waals surface area contributed by atoms with Crippen LogP contribution in [-0.4, -0.2) is 93.4 Å². The fourth-order valence-corrected chi connectivity index (χ4v) is 3.16. The van der Waals surface area contributed by atoms with Gasteiger partial charge in [0.05, 0.1) is 0 Å². The van der Waals surface area contributed by atoms with E-state index in [0.717, 1.165) is 17.9 Å². The van der Waals surface area contributed by atoms with Gasteiger partial charge in [0.1, 0.15) is 18.4 Å². The lowest BCUT2D eigenvalue weighted by atomic mass is 10.2. The molecule has 1 heterocycles. The van der Waals surface area contributed by atoms with Crippen molar-refractivity contribution < 1.29 is 17.9 Å². The first kappa shape index (κ1) is 23.3. The highest BCUT2D eigenvalue weighted by Crippen LogP contribution is 2.25. The molecule has 29 heavy (non-hydrogen) atoms. The first-order valence-electron chi connectivity index (χ1n) is 9.84. The Kier molecular flexibility index (Phi) is 8.58. The van der Waals surface area contributed by atoms with Crippen LogP contribution in [0.2, 0.25) is 0 Å².